The van der Waals surface area contributed by atoms with E-state index in [-0.39, 0.29) is 4.90 Å². The molecule has 0 spiro atoms. The molecule has 1 aromatic carbocycles. The van der Waals surface area contributed by atoms with Crippen LogP contribution in [0.1, 0.15) is 5.56 Å². The maximum atomic E-state index is 11.3. The van der Waals surface area contributed by atoms with Crippen molar-refractivity contribution in [2.45, 2.75) is 11.4 Å². The highest BCUT2D eigenvalue weighted by Gasteiger charge is 2.12. The van der Waals surface area contributed by atoms with Gasteiger partial charge in [-0.3, -0.25) is 4.68 Å². The molecule has 0 unspecified atom stereocenters. The first kappa shape index (κ1) is 12.6. The van der Waals surface area contributed by atoms with Gasteiger partial charge in [0.15, 0.2) is 0 Å². The average molecular weight is 267 g/mol. The number of hydrogen-bond acceptors (Lipinski definition) is 4. The Morgan fingerprint density at radius 3 is 2.78 bits per heavy atom. The van der Waals surface area contributed by atoms with Gasteiger partial charge in [0.05, 0.1) is 18.6 Å². The third-order valence-corrected chi connectivity index (χ3v) is 3.38. The van der Waals surface area contributed by atoms with Crippen molar-refractivity contribution in [1.82, 2.24) is 9.78 Å². The van der Waals surface area contributed by atoms with Crippen molar-refractivity contribution in [1.29, 1.82) is 0 Å². The van der Waals surface area contributed by atoms with Crippen LogP contribution in [0.5, 0.6) is 5.75 Å². The van der Waals surface area contributed by atoms with E-state index in [0.717, 1.165) is 0 Å². The van der Waals surface area contributed by atoms with Gasteiger partial charge in [0.25, 0.3) is 0 Å². The minimum atomic E-state index is -3.71. The molecule has 0 saturated heterocycles. The Hall–Kier alpha value is -1.86. The van der Waals surface area contributed by atoms with Crippen LogP contribution in [-0.4, -0.2) is 25.3 Å². The zero-order valence-corrected chi connectivity index (χ0v) is 10.6. The van der Waals surface area contributed by atoms with Crippen LogP contribution >= 0.6 is 0 Å². The first-order chi connectivity index (χ1) is 8.50. The highest BCUT2D eigenvalue weighted by molar-refractivity contribution is 7.89. The minimum absolute atomic E-state index is 0.0606. The highest BCUT2D eigenvalue weighted by atomic mass is 32.2. The van der Waals surface area contributed by atoms with Gasteiger partial charge in [-0.2, -0.15) is 5.10 Å². The molecule has 1 heterocycles. The Balaban J connectivity index is 2.43. The molecule has 0 aliphatic carbocycles. The van der Waals surface area contributed by atoms with E-state index >= 15 is 0 Å². The van der Waals surface area contributed by atoms with Crippen LogP contribution < -0.4 is 9.88 Å². The molecule has 0 aliphatic rings. The molecule has 2 aromatic rings. The number of sulfonamides is 1. The fourth-order valence-electron chi connectivity index (χ4n) is 1.62. The van der Waals surface area contributed by atoms with Crippen molar-refractivity contribution >= 4 is 10.0 Å². The van der Waals surface area contributed by atoms with E-state index in [9.17, 15) is 8.42 Å². The van der Waals surface area contributed by atoms with Crippen LogP contribution in [-0.2, 0) is 16.6 Å². The van der Waals surface area contributed by atoms with Gasteiger partial charge in [0.1, 0.15) is 5.75 Å². The van der Waals surface area contributed by atoms with Crippen LogP contribution in [0, 0.1) is 0 Å². The normalized spacial score (nSPS) is 11.4. The number of rotatable bonds is 4. The molecule has 96 valence electrons. The second-order valence-electron chi connectivity index (χ2n) is 3.72. The molecular formula is C11H13N3O3S. The third kappa shape index (κ3) is 2.69. The summed E-state index contributed by atoms with van der Waals surface area (Å²) in [4.78, 5) is 0.0606. The lowest BCUT2D eigenvalue weighted by Crippen LogP contribution is -2.13. The molecule has 0 radical (unpaired) electrons. The summed E-state index contributed by atoms with van der Waals surface area (Å²) < 4.78 is 29.5. The van der Waals surface area contributed by atoms with E-state index in [1.165, 1.54) is 19.2 Å². The predicted molar refractivity (Wildman–Crippen MR) is 65.7 cm³/mol. The summed E-state index contributed by atoms with van der Waals surface area (Å²) in [6.45, 7) is 0.416. The molecule has 1 aromatic heterocycles. The van der Waals surface area contributed by atoms with Gasteiger partial charge in [-0.1, -0.05) is 0 Å². The summed E-state index contributed by atoms with van der Waals surface area (Å²) in [7, 11) is -2.19. The van der Waals surface area contributed by atoms with Gasteiger partial charge in [0, 0.05) is 18.0 Å². The van der Waals surface area contributed by atoms with Crippen molar-refractivity contribution in [2.75, 3.05) is 7.11 Å². The second-order valence-corrected chi connectivity index (χ2v) is 5.28. The number of methoxy groups -OCH3 is 1. The van der Waals surface area contributed by atoms with Gasteiger partial charge in [-0.15, -0.1) is 0 Å². The van der Waals surface area contributed by atoms with Crippen LogP contribution in [0.15, 0.2) is 41.6 Å². The standard InChI is InChI=1S/C11H13N3O3S/c1-17-11-4-3-10(18(12,15)16)7-9(11)8-14-6-2-5-13-14/h2-7H,8H2,1H3,(H2,12,15,16). The summed E-state index contributed by atoms with van der Waals surface area (Å²) >= 11 is 0. The molecule has 7 heteroatoms. The van der Waals surface area contributed by atoms with Gasteiger partial charge in [-0.05, 0) is 24.3 Å². The maximum absolute atomic E-state index is 11.3. The number of benzene rings is 1. The summed E-state index contributed by atoms with van der Waals surface area (Å²) in [5, 5.41) is 9.16. The monoisotopic (exact) mass is 267 g/mol. The van der Waals surface area contributed by atoms with Crippen molar-refractivity contribution in [3.05, 3.63) is 42.2 Å². The Labute approximate surface area is 105 Å². The van der Waals surface area contributed by atoms with Gasteiger partial charge >= 0.3 is 0 Å². The van der Waals surface area contributed by atoms with E-state index in [0.29, 0.717) is 17.9 Å². The van der Waals surface area contributed by atoms with Crippen LogP contribution in [0.2, 0.25) is 0 Å². The molecule has 0 atom stereocenters. The summed E-state index contributed by atoms with van der Waals surface area (Å²) in [5.74, 6) is 0.595. The quantitative estimate of drug-likeness (QED) is 0.878. The smallest absolute Gasteiger partial charge is 0.238 e. The molecule has 0 saturated carbocycles. The van der Waals surface area contributed by atoms with Crippen LogP contribution in [0.25, 0.3) is 0 Å². The highest BCUT2D eigenvalue weighted by Crippen LogP contribution is 2.22. The number of aromatic nitrogens is 2. The van der Waals surface area contributed by atoms with E-state index in [2.05, 4.69) is 5.10 Å². The molecule has 6 nitrogen and oxygen atoms in total. The zero-order valence-electron chi connectivity index (χ0n) is 9.78. The molecular weight excluding hydrogens is 254 g/mol. The number of primary sulfonamides is 1. The van der Waals surface area contributed by atoms with Crippen molar-refractivity contribution in [3.8, 4) is 5.75 Å². The van der Waals surface area contributed by atoms with E-state index in [1.54, 1.807) is 29.2 Å². The maximum Gasteiger partial charge on any atom is 0.238 e. The average Bonchev–Trinajstić information content (AvgIpc) is 2.80. The Morgan fingerprint density at radius 2 is 2.22 bits per heavy atom. The van der Waals surface area contributed by atoms with E-state index < -0.39 is 10.0 Å². The van der Waals surface area contributed by atoms with E-state index in [4.69, 9.17) is 9.88 Å². The molecule has 2 rings (SSSR count). The Kier molecular flexibility index (Phi) is 3.35. The largest absolute Gasteiger partial charge is 0.496 e. The topological polar surface area (TPSA) is 87.2 Å². The van der Waals surface area contributed by atoms with Crippen molar-refractivity contribution in [3.63, 3.8) is 0 Å². The fourth-order valence-corrected chi connectivity index (χ4v) is 2.19. The number of ether oxygens (including phenoxy) is 1. The molecule has 0 bridgehead atoms. The number of nitrogens with two attached hydrogens (primary N) is 1. The molecule has 2 N–H and O–H groups in total. The molecule has 0 aliphatic heterocycles. The van der Waals surface area contributed by atoms with Gasteiger partial charge in [-0.25, -0.2) is 13.6 Å². The van der Waals surface area contributed by atoms with Gasteiger partial charge < -0.3 is 4.74 Å². The summed E-state index contributed by atoms with van der Waals surface area (Å²) in [6.07, 6.45) is 3.43. The van der Waals surface area contributed by atoms with Crippen molar-refractivity contribution in [2.24, 2.45) is 5.14 Å². The molecule has 18 heavy (non-hydrogen) atoms. The van der Waals surface area contributed by atoms with E-state index in [1.807, 2.05) is 0 Å². The Morgan fingerprint density at radius 1 is 1.44 bits per heavy atom. The molecule has 0 amide bonds. The lowest BCUT2D eigenvalue weighted by molar-refractivity contribution is 0.407. The first-order valence-corrected chi connectivity index (χ1v) is 6.72. The van der Waals surface area contributed by atoms with Gasteiger partial charge in [0.2, 0.25) is 10.0 Å². The number of hydrogen-bond donors (Lipinski definition) is 1. The predicted octanol–water partition coefficient (Wildman–Crippen LogP) is 0.587. The Bertz CT molecular complexity index is 636. The summed E-state index contributed by atoms with van der Waals surface area (Å²) in [6, 6.07) is 6.28. The zero-order chi connectivity index (χ0) is 13.2. The number of nitrogens with zero attached hydrogens (tertiary/aromatic N) is 2. The van der Waals surface area contributed by atoms with Crippen LogP contribution in [0.4, 0.5) is 0 Å². The molecule has 0 fully saturated rings. The lowest BCUT2D eigenvalue weighted by Gasteiger charge is -2.10. The minimum Gasteiger partial charge on any atom is -0.496 e. The SMILES string of the molecule is COc1ccc(S(N)(=O)=O)cc1Cn1cccn1. The van der Waals surface area contributed by atoms with Crippen molar-refractivity contribution < 1.29 is 13.2 Å². The fraction of sp³-hybridized carbons (Fsp3) is 0.182. The first-order valence-electron chi connectivity index (χ1n) is 5.18. The second kappa shape index (κ2) is 4.79. The lowest BCUT2D eigenvalue weighted by atomic mass is 10.2. The third-order valence-electron chi connectivity index (χ3n) is 2.47. The van der Waals surface area contributed by atoms with Crippen LogP contribution in [0.3, 0.4) is 0 Å². The summed E-state index contributed by atoms with van der Waals surface area (Å²) in [5.41, 5.74) is 0.702.